The first-order chi connectivity index (χ1) is 8.63. The minimum Gasteiger partial charge on any atom is -0.342 e. The molecule has 1 saturated carbocycles. The van der Waals surface area contributed by atoms with E-state index < -0.39 is 5.54 Å². The highest BCUT2D eigenvalue weighted by atomic mass is 16.2. The summed E-state index contributed by atoms with van der Waals surface area (Å²) in [6, 6.07) is -0.277. The summed E-state index contributed by atoms with van der Waals surface area (Å²) in [4.78, 5) is 26.6. The Balaban J connectivity index is 2.14. The SMILES string of the molecule is CC(C)(C)CCN1C(=O)C(C2CC2)NC(=O)C1(C)C. The van der Waals surface area contributed by atoms with E-state index in [4.69, 9.17) is 0 Å². The van der Waals surface area contributed by atoms with Crippen molar-refractivity contribution in [3.05, 3.63) is 0 Å². The molecule has 0 spiro atoms. The van der Waals surface area contributed by atoms with Gasteiger partial charge in [0.2, 0.25) is 11.8 Å². The Morgan fingerprint density at radius 2 is 1.84 bits per heavy atom. The average molecular weight is 266 g/mol. The van der Waals surface area contributed by atoms with Gasteiger partial charge in [-0.2, -0.15) is 0 Å². The Hall–Kier alpha value is -1.06. The number of hydrogen-bond acceptors (Lipinski definition) is 2. The van der Waals surface area contributed by atoms with Gasteiger partial charge in [0.1, 0.15) is 11.6 Å². The lowest BCUT2D eigenvalue weighted by molar-refractivity contribution is -0.156. The van der Waals surface area contributed by atoms with Crippen molar-refractivity contribution in [3.63, 3.8) is 0 Å². The summed E-state index contributed by atoms with van der Waals surface area (Å²) >= 11 is 0. The fourth-order valence-electron chi connectivity index (χ4n) is 2.53. The predicted molar refractivity (Wildman–Crippen MR) is 74.5 cm³/mol. The summed E-state index contributed by atoms with van der Waals surface area (Å²) in [5.74, 6) is 0.457. The van der Waals surface area contributed by atoms with E-state index in [1.54, 1.807) is 4.90 Å². The van der Waals surface area contributed by atoms with Crippen LogP contribution in [-0.2, 0) is 9.59 Å². The number of hydrogen-bond donors (Lipinski definition) is 1. The summed E-state index contributed by atoms with van der Waals surface area (Å²) in [6.07, 6.45) is 3.03. The van der Waals surface area contributed by atoms with Crippen molar-refractivity contribution >= 4 is 11.8 Å². The van der Waals surface area contributed by atoms with Gasteiger partial charge in [0.25, 0.3) is 0 Å². The van der Waals surface area contributed by atoms with Crippen LogP contribution in [0.2, 0.25) is 0 Å². The Bertz CT molecular complexity index is 391. The van der Waals surface area contributed by atoms with Gasteiger partial charge in [-0.05, 0) is 44.4 Å². The molecular formula is C15H26N2O2. The zero-order valence-electron chi connectivity index (χ0n) is 12.7. The number of carbonyl (C=O) groups is 2. The molecule has 0 aromatic heterocycles. The molecule has 2 amide bonds. The van der Waals surface area contributed by atoms with Crippen molar-refractivity contribution in [1.29, 1.82) is 0 Å². The first-order valence-corrected chi connectivity index (χ1v) is 7.25. The molecule has 1 N–H and O–H groups in total. The first kappa shape index (κ1) is 14.4. The van der Waals surface area contributed by atoms with Crippen molar-refractivity contribution in [3.8, 4) is 0 Å². The third kappa shape index (κ3) is 2.93. The highest BCUT2D eigenvalue weighted by molar-refractivity contribution is 5.99. The number of amides is 2. The van der Waals surface area contributed by atoms with E-state index in [0.717, 1.165) is 19.3 Å². The van der Waals surface area contributed by atoms with Gasteiger partial charge in [0.05, 0.1) is 0 Å². The van der Waals surface area contributed by atoms with Crippen LogP contribution in [0.5, 0.6) is 0 Å². The topological polar surface area (TPSA) is 49.4 Å². The van der Waals surface area contributed by atoms with E-state index in [-0.39, 0.29) is 23.3 Å². The van der Waals surface area contributed by atoms with Crippen molar-refractivity contribution in [2.45, 2.75) is 65.5 Å². The smallest absolute Gasteiger partial charge is 0.246 e. The molecule has 108 valence electrons. The maximum Gasteiger partial charge on any atom is 0.246 e. The molecule has 0 radical (unpaired) electrons. The highest BCUT2D eigenvalue weighted by Gasteiger charge is 2.50. The molecule has 1 aliphatic heterocycles. The normalized spacial score (nSPS) is 27.4. The molecule has 0 bridgehead atoms. The van der Waals surface area contributed by atoms with Crippen molar-refractivity contribution in [2.24, 2.45) is 11.3 Å². The van der Waals surface area contributed by atoms with Gasteiger partial charge in [-0.25, -0.2) is 0 Å². The van der Waals surface area contributed by atoms with Crippen LogP contribution in [0.15, 0.2) is 0 Å². The lowest BCUT2D eigenvalue weighted by atomic mass is 9.89. The standard InChI is InChI=1S/C15H26N2O2/c1-14(2,3)8-9-17-12(18)11(10-6-7-10)16-13(19)15(17,4)5/h10-11H,6-9H2,1-5H3,(H,16,19). The quantitative estimate of drug-likeness (QED) is 0.848. The second-order valence-electron chi connectivity index (χ2n) is 7.65. The number of rotatable bonds is 3. The summed E-state index contributed by atoms with van der Waals surface area (Å²) in [5.41, 5.74) is -0.562. The summed E-state index contributed by atoms with van der Waals surface area (Å²) in [5, 5.41) is 2.92. The summed E-state index contributed by atoms with van der Waals surface area (Å²) in [6.45, 7) is 10.8. The molecule has 2 fully saturated rings. The first-order valence-electron chi connectivity index (χ1n) is 7.25. The molecule has 0 aromatic rings. The molecule has 2 aliphatic rings. The Morgan fingerprint density at radius 1 is 1.26 bits per heavy atom. The number of piperazine rings is 1. The van der Waals surface area contributed by atoms with E-state index in [2.05, 4.69) is 26.1 Å². The molecule has 2 rings (SSSR count). The molecule has 1 unspecified atom stereocenters. The van der Waals surface area contributed by atoms with Crippen LogP contribution in [-0.4, -0.2) is 34.8 Å². The van der Waals surface area contributed by atoms with Crippen LogP contribution >= 0.6 is 0 Å². The van der Waals surface area contributed by atoms with Crippen LogP contribution in [0.1, 0.15) is 53.9 Å². The van der Waals surface area contributed by atoms with E-state index in [0.29, 0.717) is 12.5 Å². The van der Waals surface area contributed by atoms with Gasteiger partial charge in [-0.1, -0.05) is 20.8 Å². The maximum atomic E-state index is 12.6. The van der Waals surface area contributed by atoms with Crippen LogP contribution in [0.4, 0.5) is 0 Å². The number of carbonyl (C=O) groups excluding carboxylic acids is 2. The summed E-state index contributed by atoms with van der Waals surface area (Å²) < 4.78 is 0. The molecule has 1 saturated heterocycles. The zero-order valence-corrected chi connectivity index (χ0v) is 12.7. The Morgan fingerprint density at radius 3 is 2.32 bits per heavy atom. The van der Waals surface area contributed by atoms with E-state index >= 15 is 0 Å². The van der Waals surface area contributed by atoms with E-state index in [1.807, 2.05) is 13.8 Å². The number of nitrogens with zero attached hydrogens (tertiary/aromatic N) is 1. The molecule has 1 atom stereocenters. The fraction of sp³-hybridized carbons (Fsp3) is 0.867. The second kappa shape index (κ2) is 4.50. The van der Waals surface area contributed by atoms with Gasteiger partial charge in [-0.3, -0.25) is 9.59 Å². The minimum atomic E-state index is -0.728. The average Bonchev–Trinajstić information content (AvgIpc) is 3.05. The van der Waals surface area contributed by atoms with Crippen molar-refractivity contribution in [1.82, 2.24) is 10.2 Å². The molecule has 4 nitrogen and oxygen atoms in total. The molecule has 4 heteroatoms. The predicted octanol–water partition coefficient (Wildman–Crippen LogP) is 1.94. The Kier molecular flexibility index (Phi) is 3.40. The van der Waals surface area contributed by atoms with Gasteiger partial charge in [0, 0.05) is 6.54 Å². The third-order valence-corrected chi connectivity index (χ3v) is 4.23. The van der Waals surface area contributed by atoms with Crippen LogP contribution in [0, 0.1) is 11.3 Å². The molecule has 1 aliphatic carbocycles. The lowest BCUT2D eigenvalue weighted by Gasteiger charge is -2.45. The van der Waals surface area contributed by atoms with Crippen molar-refractivity contribution < 1.29 is 9.59 Å². The molecule has 19 heavy (non-hydrogen) atoms. The number of nitrogens with one attached hydrogen (secondary N) is 1. The van der Waals surface area contributed by atoms with Crippen LogP contribution in [0.25, 0.3) is 0 Å². The van der Waals surface area contributed by atoms with Gasteiger partial charge >= 0.3 is 0 Å². The maximum absolute atomic E-state index is 12.6. The third-order valence-electron chi connectivity index (χ3n) is 4.23. The fourth-order valence-corrected chi connectivity index (χ4v) is 2.53. The minimum absolute atomic E-state index is 0.0158. The van der Waals surface area contributed by atoms with Crippen molar-refractivity contribution in [2.75, 3.05) is 6.54 Å². The van der Waals surface area contributed by atoms with Gasteiger partial charge in [0.15, 0.2) is 0 Å². The van der Waals surface area contributed by atoms with E-state index in [9.17, 15) is 9.59 Å². The van der Waals surface area contributed by atoms with Crippen LogP contribution < -0.4 is 5.32 Å². The summed E-state index contributed by atoms with van der Waals surface area (Å²) in [7, 11) is 0. The largest absolute Gasteiger partial charge is 0.342 e. The molecule has 1 heterocycles. The lowest BCUT2D eigenvalue weighted by Crippen LogP contribution is -2.69. The van der Waals surface area contributed by atoms with Gasteiger partial charge < -0.3 is 10.2 Å². The second-order valence-corrected chi connectivity index (χ2v) is 7.65. The zero-order chi connectivity index (χ0) is 14.4. The molecular weight excluding hydrogens is 240 g/mol. The molecule has 0 aromatic carbocycles. The monoisotopic (exact) mass is 266 g/mol. The van der Waals surface area contributed by atoms with Crippen LogP contribution in [0.3, 0.4) is 0 Å². The van der Waals surface area contributed by atoms with Gasteiger partial charge in [-0.15, -0.1) is 0 Å². The Labute approximate surface area is 115 Å². The van der Waals surface area contributed by atoms with E-state index in [1.165, 1.54) is 0 Å². The highest BCUT2D eigenvalue weighted by Crippen LogP contribution is 2.37.